The van der Waals surface area contributed by atoms with E-state index in [4.69, 9.17) is 15.2 Å². The van der Waals surface area contributed by atoms with Gasteiger partial charge in [0, 0.05) is 18.0 Å². The second-order valence-electron chi connectivity index (χ2n) is 5.40. The molecule has 0 fully saturated rings. The molecule has 2 N–H and O–H groups in total. The zero-order chi connectivity index (χ0) is 14.8. The quantitative estimate of drug-likeness (QED) is 0.932. The van der Waals surface area contributed by atoms with E-state index in [1.165, 1.54) is 11.1 Å². The predicted molar refractivity (Wildman–Crippen MR) is 83.7 cm³/mol. The summed E-state index contributed by atoms with van der Waals surface area (Å²) in [4.78, 5) is 0. The number of fused-ring (bicyclic) bond motifs is 1. The van der Waals surface area contributed by atoms with E-state index in [1.54, 1.807) is 7.11 Å². The third kappa shape index (κ3) is 2.61. The summed E-state index contributed by atoms with van der Waals surface area (Å²) in [5.41, 5.74) is 9.95. The van der Waals surface area contributed by atoms with Crippen LogP contribution < -0.4 is 15.2 Å². The molecule has 0 bridgehead atoms. The first-order valence-corrected chi connectivity index (χ1v) is 7.41. The van der Waals surface area contributed by atoms with E-state index in [1.807, 2.05) is 18.2 Å². The van der Waals surface area contributed by atoms with Crippen LogP contribution in [0.3, 0.4) is 0 Å². The molecule has 0 saturated heterocycles. The van der Waals surface area contributed by atoms with E-state index >= 15 is 0 Å². The molecular formula is C18H21NO2. The van der Waals surface area contributed by atoms with Gasteiger partial charge < -0.3 is 15.2 Å². The Bertz CT molecular complexity index is 639. The maximum Gasteiger partial charge on any atom is 0.126 e. The molecule has 110 valence electrons. The molecule has 2 aromatic carbocycles. The molecule has 1 unspecified atom stereocenters. The minimum absolute atomic E-state index is 0.0250. The van der Waals surface area contributed by atoms with Gasteiger partial charge in [0.05, 0.1) is 7.11 Å². The third-order valence-corrected chi connectivity index (χ3v) is 4.14. The normalized spacial score (nSPS) is 20.5. The highest BCUT2D eigenvalue weighted by atomic mass is 16.5. The number of ether oxygens (including phenoxy) is 2. The number of nitrogens with two attached hydrogens (primary N) is 1. The van der Waals surface area contributed by atoms with Crippen LogP contribution >= 0.6 is 0 Å². The van der Waals surface area contributed by atoms with Crippen molar-refractivity contribution in [2.24, 2.45) is 5.73 Å². The van der Waals surface area contributed by atoms with Crippen LogP contribution in [0.25, 0.3) is 0 Å². The summed E-state index contributed by atoms with van der Waals surface area (Å²) in [5, 5.41) is 0. The number of hydrogen-bond donors (Lipinski definition) is 1. The average Bonchev–Trinajstić information content (AvgIpc) is 2.54. The minimum atomic E-state index is -0.0289. The molecule has 0 amide bonds. The van der Waals surface area contributed by atoms with Crippen LogP contribution in [0.4, 0.5) is 0 Å². The van der Waals surface area contributed by atoms with Crippen molar-refractivity contribution < 1.29 is 9.47 Å². The summed E-state index contributed by atoms with van der Waals surface area (Å²) >= 11 is 0. The lowest BCUT2D eigenvalue weighted by molar-refractivity contribution is 0.160. The van der Waals surface area contributed by atoms with Gasteiger partial charge in [0.1, 0.15) is 17.6 Å². The van der Waals surface area contributed by atoms with Crippen molar-refractivity contribution >= 4 is 0 Å². The molecular weight excluding hydrogens is 262 g/mol. The van der Waals surface area contributed by atoms with Gasteiger partial charge in [-0.2, -0.15) is 0 Å². The SMILES string of the molecule is CCc1ccccc1C1C[C@H](N)c2cc(OC)ccc2O1. The number of rotatable bonds is 3. The molecule has 0 spiro atoms. The van der Waals surface area contributed by atoms with Gasteiger partial charge in [-0.15, -0.1) is 0 Å². The predicted octanol–water partition coefficient (Wildman–Crippen LogP) is 3.78. The molecule has 0 aliphatic carbocycles. The number of methoxy groups -OCH3 is 1. The van der Waals surface area contributed by atoms with Gasteiger partial charge in [-0.3, -0.25) is 0 Å². The molecule has 3 nitrogen and oxygen atoms in total. The van der Waals surface area contributed by atoms with Gasteiger partial charge >= 0.3 is 0 Å². The van der Waals surface area contributed by atoms with Gasteiger partial charge in [0.25, 0.3) is 0 Å². The molecule has 1 aliphatic heterocycles. The van der Waals surface area contributed by atoms with Gasteiger partial charge in [-0.25, -0.2) is 0 Å². The molecule has 1 aliphatic rings. The lowest BCUT2D eigenvalue weighted by atomic mass is 9.90. The fourth-order valence-corrected chi connectivity index (χ4v) is 2.97. The molecule has 0 saturated carbocycles. The Hall–Kier alpha value is -2.00. The Morgan fingerprint density at radius 2 is 2.00 bits per heavy atom. The Balaban J connectivity index is 1.95. The molecule has 3 heteroatoms. The van der Waals surface area contributed by atoms with Crippen molar-refractivity contribution in [2.75, 3.05) is 7.11 Å². The zero-order valence-corrected chi connectivity index (χ0v) is 12.5. The molecule has 2 atom stereocenters. The summed E-state index contributed by atoms with van der Waals surface area (Å²) in [5.74, 6) is 1.69. The first-order valence-electron chi connectivity index (χ1n) is 7.41. The summed E-state index contributed by atoms with van der Waals surface area (Å²) < 4.78 is 11.5. The van der Waals surface area contributed by atoms with Crippen LogP contribution in [0.1, 0.15) is 42.2 Å². The average molecular weight is 283 g/mol. The topological polar surface area (TPSA) is 44.5 Å². The van der Waals surface area contributed by atoms with E-state index < -0.39 is 0 Å². The van der Waals surface area contributed by atoms with Gasteiger partial charge in [-0.1, -0.05) is 31.2 Å². The second kappa shape index (κ2) is 5.78. The van der Waals surface area contributed by atoms with E-state index in [9.17, 15) is 0 Å². The minimum Gasteiger partial charge on any atom is -0.497 e. The lowest BCUT2D eigenvalue weighted by Crippen LogP contribution is -2.24. The van der Waals surface area contributed by atoms with Crippen molar-refractivity contribution in [1.82, 2.24) is 0 Å². The van der Waals surface area contributed by atoms with Crippen LogP contribution in [0.5, 0.6) is 11.5 Å². The van der Waals surface area contributed by atoms with Gasteiger partial charge in [-0.05, 0) is 35.7 Å². The van der Waals surface area contributed by atoms with Crippen LogP contribution in [-0.2, 0) is 6.42 Å². The Morgan fingerprint density at radius 3 is 2.76 bits per heavy atom. The lowest BCUT2D eigenvalue weighted by Gasteiger charge is -2.31. The standard InChI is InChI=1S/C18H21NO2/c1-3-12-6-4-5-7-14(12)18-11-16(19)15-10-13(20-2)8-9-17(15)21-18/h4-10,16,18H,3,11,19H2,1-2H3/t16-,18?/m0/s1. The Labute approximate surface area is 125 Å². The summed E-state index contributed by atoms with van der Waals surface area (Å²) in [6, 6.07) is 14.3. The number of hydrogen-bond acceptors (Lipinski definition) is 3. The van der Waals surface area contributed by atoms with Crippen molar-refractivity contribution in [3.63, 3.8) is 0 Å². The molecule has 0 radical (unpaired) electrons. The molecule has 2 aromatic rings. The van der Waals surface area contributed by atoms with Gasteiger partial charge in [0.2, 0.25) is 0 Å². The zero-order valence-electron chi connectivity index (χ0n) is 12.5. The summed E-state index contributed by atoms with van der Waals surface area (Å²) in [6.45, 7) is 2.17. The highest BCUT2D eigenvalue weighted by Gasteiger charge is 2.28. The Kier molecular flexibility index (Phi) is 3.84. The van der Waals surface area contributed by atoms with Crippen LogP contribution in [0.15, 0.2) is 42.5 Å². The largest absolute Gasteiger partial charge is 0.497 e. The van der Waals surface area contributed by atoms with Gasteiger partial charge in [0.15, 0.2) is 0 Å². The first-order chi connectivity index (χ1) is 10.2. The monoisotopic (exact) mass is 283 g/mol. The van der Waals surface area contributed by atoms with E-state index in [2.05, 4.69) is 31.2 Å². The summed E-state index contributed by atoms with van der Waals surface area (Å²) in [7, 11) is 1.66. The van der Waals surface area contributed by atoms with E-state index in [0.717, 1.165) is 29.9 Å². The van der Waals surface area contributed by atoms with E-state index in [-0.39, 0.29) is 12.1 Å². The third-order valence-electron chi connectivity index (χ3n) is 4.14. The maximum atomic E-state index is 6.35. The first kappa shape index (κ1) is 14.0. The molecule has 1 heterocycles. The fourth-order valence-electron chi connectivity index (χ4n) is 2.97. The second-order valence-corrected chi connectivity index (χ2v) is 5.40. The molecule has 21 heavy (non-hydrogen) atoms. The fraction of sp³-hybridized carbons (Fsp3) is 0.333. The molecule has 0 aromatic heterocycles. The van der Waals surface area contributed by atoms with Crippen molar-refractivity contribution in [1.29, 1.82) is 0 Å². The van der Waals surface area contributed by atoms with Crippen LogP contribution in [0.2, 0.25) is 0 Å². The number of benzene rings is 2. The molecule has 3 rings (SSSR count). The maximum absolute atomic E-state index is 6.35. The van der Waals surface area contributed by atoms with Crippen molar-refractivity contribution in [2.45, 2.75) is 31.9 Å². The smallest absolute Gasteiger partial charge is 0.126 e. The van der Waals surface area contributed by atoms with Crippen LogP contribution in [0, 0.1) is 0 Å². The van der Waals surface area contributed by atoms with E-state index in [0.29, 0.717) is 0 Å². The highest BCUT2D eigenvalue weighted by molar-refractivity contribution is 5.45. The van der Waals surface area contributed by atoms with Crippen molar-refractivity contribution in [3.05, 3.63) is 59.2 Å². The number of aryl methyl sites for hydroxylation is 1. The highest BCUT2D eigenvalue weighted by Crippen LogP contribution is 2.41. The summed E-state index contributed by atoms with van der Waals surface area (Å²) in [6.07, 6.45) is 1.81. The Morgan fingerprint density at radius 1 is 1.19 bits per heavy atom. The van der Waals surface area contributed by atoms with Crippen LogP contribution in [-0.4, -0.2) is 7.11 Å². The van der Waals surface area contributed by atoms with Crippen molar-refractivity contribution in [3.8, 4) is 11.5 Å².